The number of nitriles is 1. The molecule has 0 amide bonds. The molecule has 0 atom stereocenters. The van der Waals surface area contributed by atoms with Gasteiger partial charge in [0.1, 0.15) is 11.2 Å². The van der Waals surface area contributed by atoms with Crippen LogP contribution < -0.4 is 0 Å². The maximum absolute atomic E-state index is 9.82. The number of hydrogen-bond donors (Lipinski definition) is 0. The molecule has 0 bridgehead atoms. The largest absolute Gasteiger partial charge is 0.456 e. The zero-order valence-electron chi connectivity index (χ0n) is 26.2. The van der Waals surface area contributed by atoms with Gasteiger partial charge in [0.15, 0.2) is 17.5 Å². The highest BCUT2D eigenvalue weighted by Gasteiger charge is 2.17. The Morgan fingerprint density at radius 3 is 1.78 bits per heavy atom. The second-order valence-corrected chi connectivity index (χ2v) is 12.0. The highest BCUT2D eigenvalue weighted by Crippen LogP contribution is 2.38. The minimum Gasteiger partial charge on any atom is -0.456 e. The van der Waals surface area contributed by atoms with E-state index < -0.39 is 0 Å². The second kappa shape index (κ2) is 11.7. The normalized spacial score (nSPS) is 11.2. The van der Waals surface area contributed by atoms with Crippen molar-refractivity contribution < 1.29 is 4.42 Å². The maximum Gasteiger partial charge on any atom is 0.164 e. The molecule has 0 radical (unpaired) electrons. The molecule has 0 spiro atoms. The molecule has 0 aliphatic heterocycles. The fraction of sp³-hybridized carbons (Fsp3) is 0. The van der Waals surface area contributed by atoms with Gasteiger partial charge in [-0.25, -0.2) is 15.0 Å². The van der Waals surface area contributed by atoms with E-state index in [9.17, 15) is 5.26 Å². The number of fused-ring (bicyclic) bond motifs is 4. The van der Waals surface area contributed by atoms with Gasteiger partial charge in [-0.1, -0.05) is 127 Å². The Morgan fingerprint density at radius 2 is 1.04 bits per heavy atom. The molecule has 9 rings (SSSR count). The maximum atomic E-state index is 9.82. The lowest BCUT2D eigenvalue weighted by atomic mass is 9.96. The molecule has 7 aromatic carbocycles. The summed E-state index contributed by atoms with van der Waals surface area (Å²) in [5.41, 5.74) is 9.14. The average molecular weight is 627 g/mol. The van der Waals surface area contributed by atoms with Gasteiger partial charge in [-0.2, -0.15) is 5.26 Å². The van der Waals surface area contributed by atoms with E-state index in [0.29, 0.717) is 23.0 Å². The molecule has 5 heteroatoms. The monoisotopic (exact) mass is 626 g/mol. The molecule has 9 aromatic rings. The van der Waals surface area contributed by atoms with Gasteiger partial charge in [0.2, 0.25) is 0 Å². The number of furan rings is 1. The van der Waals surface area contributed by atoms with Crippen LogP contribution in [-0.2, 0) is 0 Å². The lowest BCUT2D eigenvalue weighted by Gasteiger charge is -2.10. The fourth-order valence-corrected chi connectivity index (χ4v) is 6.56. The van der Waals surface area contributed by atoms with Crippen LogP contribution in [0.5, 0.6) is 0 Å². The van der Waals surface area contributed by atoms with Crippen molar-refractivity contribution in [2.45, 2.75) is 0 Å². The van der Waals surface area contributed by atoms with Crippen LogP contribution in [0.4, 0.5) is 0 Å². The summed E-state index contributed by atoms with van der Waals surface area (Å²) < 4.78 is 6.41. The molecule has 0 aliphatic carbocycles. The Kier molecular flexibility index (Phi) is 6.78. The third-order valence-electron chi connectivity index (χ3n) is 8.97. The van der Waals surface area contributed by atoms with Gasteiger partial charge < -0.3 is 4.42 Å². The summed E-state index contributed by atoms with van der Waals surface area (Å²) in [6.07, 6.45) is 0. The molecule has 0 aliphatic rings. The van der Waals surface area contributed by atoms with Crippen LogP contribution in [0.25, 0.3) is 89.1 Å². The van der Waals surface area contributed by atoms with Crippen molar-refractivity contribution in [2.75, 3.05) is 0 Å². The van der Waals surface area contributed by atoms with E-state index in [1.807, 2.05) is 97.1 Å². The minimum absolute atomic E-state index is 0.562. The van der Waals surface area contributed by atoms with Gasteiger partial charge in [-0.05, 0) is 63.4 Å². The van der Waals surface area contributed by atoms with E-state index in [0.717, 1.165) is 71.7 Å². The Morgan fingerprint density at radius 1 is 0.429 bits per heavy atom. The fourth-order valence-electron chi connectivity index (χ4n) is 6.56. The molecular formula is C44H26N4O. The van der Waals surface area contributed by atoms with Gasteiger partial charge in [-0.15, -0.1) is 0 Å². The van der Waals surface area contributed by atoms with E-state index >= 15 is 0 Å². The van der Waals surface area contributed by atoms with E-state index in [4.69, 9.17) is 19.4 Å². The Labute approximate surface area is 282 Å². The smallest absolute Gasteiger partial charge is 0.164 e. The molecule has 5 nitrogen and oxygen atoms in total. The standard InChI is InChI=1S/C44H26N4O/c45-27-35-25-34(24-32-14-7-8-15-36(32)35)28-18-20-31(21-19-28)43-46-42(30-12-5-2-6-13-30)47-44(48-43)33-22-23-38-40(26-33)49-39-17-9-16-37(41(38)39)29-10-3-1-4-11-29/h1-26H. The van der Waals surface area contributed by atoms with Crippen LogP contribution in [0.15, 0.2) is 162 Å². The predicted molar refractivity (Wildman–Crippen MR) is 197 cm³/mol. The number of benzene rings is 7. The summed E-state index contributed by atoms with van der Waals surface area (Å²) in [6, 6.07) is 55.3. The van der Waals surface area contributed by atoms with Gasteiger partial charge in [0.05, 0.1) is 11.6 Å². The molecule has 0 fully saturated rings. The van der Waals surface area contributed by atoms with Crippen molar-refractivity contribution in [2.24, 2.45) is 0 Å². The molecule has 2 heterocycles. The van der Waals surface area contributed by atoms with Gasteiger partial charge in [-0.3, -0.25) is 0 Å². The number of nitrogens with zero attached hydrogens (tertiary/aromatic N) is 4. The summed E-state index contributed by atoms with van der Waals surface area (Å²) in [5.74, 6) is 1.73. The predicted octanol–water partition coefficient (Wildman–Crippen LogP) is 11.1. The van der Waals surface area contributed by atoms with Crippen molar-refractivity contribution in [3.05, 3.63) is 163 Å². The second-order valence-electron chi connectivity index (χ2n) is 12.0. The lowest BCUT2D eigenvalue weighted by molar-refractivity contribution is 0.669. The molecule has 0 unspecified atom stereocenters. The van der Waals surface area contributed by atoms with Gasteiger partial charge in [0.25, 0.3) is 0 Å². The lowest BCUT2D eigenvalue weighted by Crippen LogP contribution is -2.00. The first kappa shape index (κ1) is 28.3. The first-order chi connectivity index (χ1) is 24.2. The minimum atomic E-state index is 0.562. The highest BCUT2D eigenvalue weighted by atomic mass is 16.3. The topological polar surface area (TPSA) is 75.6 Å². The van der Waals surface area contributed by atoms with Gasteiger partial charge in [0, 0.05) is 27.5 Å². The van der Waals surface area contributed by atoms with Crippen LogP contribution in [0.3, 0.4) is 0 Å². The van der Waals surface area contributed by atoms with Crippen molar-refractivity contribution in [3.63, 3.8) is 0 Å². The Hall–Kier alpha value is -6.90. The SMILES string of the molecule is N#Cc1cc(-c2ccc(-c3nc(-c4ccccc4)nc(-c4ccc5c(c4)oc4cccc(-c6ccccc6)c45)n3)cc2)cc2ccccc12. The number of aromatic nitrogens is 3. The molecule has 2 aromatic heterocycles. The van der Waals surface area contributed by atoms with Crippen LogP contribution >= 0.6 is 0 Å². The van der Waals surface area contributed by atoms with E-state index in [2.05, 4.69) is 66.7 Å². The Bertz CT molecular complexity index is 2710. The summed E-state index contributed by atoms with van der Waals surface area (Å²) in [7, 11) is 0. The zero-order chi connectivity index (χ0) is 32.7. The molecule has 228 valence electrons. The van der Waals surface area contributed by atoms with Crippen molar-refractivity contribution >= 4 is 32.7 Å². The number of rotatable bonds is 5. The third-order valence-corrected chi connectivity index (χ3v) is 8.97. The van der Waals surface area contributed by atoms with E-state index in [-0.39, 0.29) is 0 Å². The first-order valence-corrected chi connectivity index (χ1v) is 16.1. The van der Waals surface area contributed by atoms with Crippen LogP contribution in [0.1, 0.15) is 5.56 Å². The molecule has 0 saturated heterocycles. The molecular weight excluding hydrogens is 601 g/mol. The summed E-state index contributed by atoms with van der Waals surface area (Å²) in [6.45, 7) is 0. The van der Waals surface area contributed by atoms with Crippen LogP contribution in [-0.4, -0.2) is 15.0 Å². The highest BCUT2D eigenvalue weighted by molar-refractivity contribution is 6.13. The van der Waals surface area contributed by atoms with Crippen molar-refractivity contribution in [1.82, 2.24) is 15.0 Å². The first-order valence-electron chi connectivity index (χ1n) is 16.1. The molecule has 0 N–H and O–H groups in total. The zero-order valence-corrected chi connectivity index (χ0v) is 26.2. The van der Waals surface area contributed by atoms with Crippen LogP contribution in [0.2, 0.25) is 0 Å². The van der Waals surface area contributed by atoms with Crippen LogP contribution in [0, 0.1) is 11.3 Å². The van der Waals surface area contributed by atoms with E-state index in [1.54, 1.807) is 0 Å². The third kappa shape index (κ3) is 5.09. The van der Waals surface area contributed by atoms with Crippen molar-refractivity contribution in [3.8, 4) is 62.5 Å². The molecule has 0 saturated carbocycles. The average Bonchev–Trinajstić information content (AvgIpc) is 3.56. The number of hydrogen-bond acceptors (Lipinski definition) is 5. The summed E-state index contributed by atoms with van der Waals surface area (Å²) in [4.78, 5) is 14.9. The summed E-state index contributed by atoms with van der Waals surface area (Å²) in [5, 5.41) is 13.9. The van der Waals surface area contributed by atoms with Crippen molar-refractivity contribution in [1.29, 1.82) is 5.26 Å². The van der Waals surface area contributed by atoms with Gasteiger partial charge >= 0.3 is 0 Å². The van der Waals surface area contributed by atoms with E-state index in [1.165, 1.54) is 0 Å². The quantitative estimate of drug-likeness (QED) is 0.190. The Balaban J connectivity index is 1.15. The molecule has 49 heavy (non-hydrogen) atoms. The summed E-state index contributed by atoms with van der Waals surface area (Å²) >= 11 is 0.